The molecule has 0 aliphatic rings. The summed E-state index contributed by atoms with van der Waals surface area (Å²) in [7, 11) is 0. The second-order valence-electron chi connectivity index (χ2n) is 9.08. The predicted molar refractivity (Wildman–Crippen MR) is 130 cm³/mol. The molecule has 0 atom stereocenters. The molecule has 0 spiro atoms. The summed E-state index contributed by atoms with van der Waals surface area (Å²) in [4.78, 5) is 29.7. The third kappa shape index (κ3) is 5.12. The van der Waals surface area contributed by atoms with Crippen molar-refractivity contribution in [2.75, 3.05) is 5.32 Å². The number of nitrogens with one attached hydrogen (secondary N) is 1. The van der Waals surface area contributed by atoms with Crippen LogP contribution in [0.1, 0.15) is 48.0 Å². The van der Waals surface area contributed by atoms with E-state index in [9.17, 15) is 9.59 Å². The maximum absolute atomic E-state index is 12.8. The molecule has 0 unspecified atom stereocenters. The summed E-state index contributed by atoms with van der Waals surface area (Å²) in [5.74, 6) is 0.285. The number of rotatable bonds is 5. The number of benzene rings is 2. The van der Waals surface area contributed by atoms with Crippen LogP contribution in [0.2, 0.25) is 0 Å². The number of fused-ring (bicyclic) bond motifs is 1. The number of anilines is 1. The number of carbonyl (C=O) groups excluding carboxylic acids is 1. The van der Waals surface area contributed by atoms with Gasteiger partial charge in [0.15, 0.2) is 0 Å². The number of nitrogens with zero attached hydrogens (tertiary/aromatic N) is 2. The standard InChI is InChI=1S/C27H27N3O3/c1-18-13-14-30-24(15-18)28-21(16-25(30)31)17-33-23-8-6-5-7-22(23)29-26(32)19-9-11-20(12-10-19)27(2,3)4/h5-16H,17H2,1-4H3,(H,29,32). The third-order valence-electron chi connectivity index (χ3n) is 5.40. The Bertz CT molecular complexity index is 1370. The molecular formula is C27H27N3O3. The lowest BCUT2D eigenvalue weighted by atomic mass is 9.87. The Morgan fingerprint density at radius 2 is 1.76 bits per heavy atom. The van der Waals surface area contributed by atoms with Gasteiger partial charge >= 0.3 is 0 Å². The second kappa shape index (κ2) is 8.90. The minimum atomic E-state index is -0.218. The molecule has 0 radical (unpaired) electrons. The molecule has 6 heteroatoms. The zero-order valence-electron chi connectivity index (χ0n) is 19.3. The van der Waals surface area contributed by atoms with Gasteiger partial charge in [0.2, 0.25) is 0 Å². The Hall–Kier alpha value is -3.93. The summed E-state index contributed by atoms with van der Waals surface area (Å²) < 4.78 is 7.43. The molecule has 2 aromatic carbocycles. The Morgan fingerprint density at radius 1 is 1.03 bits per heavy atom. The van der Waals surface area contributed by atoms with Gasteiger partial charge in [-0.2, -0.15) is 0 Å². The molecule has 33 heavy (non-hydrogen) atoms. The minimum Gasteiger partial charge on any atom is -0.485 e. The molecule has 1 amide bonds. The highest BCUT2D eigenvalue weighted by molar-refractivity contribution is 6.05. The maximum Gasteiger partial charge on any atom is 0.258 e. The van der Waals surface area contributed by atoms with E-state index < -0.39 is 0 Å². The first kappa shape index (κ1) is 22.3. The Labute approximate surface area is 192 Å². The van der Waals surface area contributed by atoms with Crippen LogP contribution >= 0.6 is 0 Å². The third-order valence-corrected chi connectivity index (χ3v) is 5.40. The number of para-hydroxylation sites is 2. The molecule has 1 N–H and O–H groups in total. The SMILES string of the molecule is Cc1ccn2c(=O)cc(COc3ccccc3NC(=O)c3ccc(C(C)(C)C)cc3)nc2c1. The zero-order chi connectivity index (χ0) is 23.6. The van der Waals surface area contributed by atoms with E-state index in [1.165, 1.54) is 10.5 Å². The van der Waals surface area contributed by atoms with E-state index >= 15 is 0 Å². The van der Waals surface area contributed by atoms with Crippen LogP contribution in [0, 0.1) is 6.92 Å². The van der Waals surface area contributed by atoms with E-state index in [0.29, 0.717) is 28.3 Å². The summed E-state index contributed by atoms with van der Waals surface area (Å²) in [6.07, 6.45) is 1.71. The highest BCUT2D eigenvalue weighted by Crippen LogP contribution is 2.26. The van der Waals surface area contributed by atoms with Crippen LogP contribution in [-0.4, -0.2) is 15.3 Å². The van der Waals surface area contributed by atoms with Gasteiger partial charge < -0.3 is 10.1 Å². The number of pyridine rings is 1. The highest BCUT2D eigenvalue weighted by atomic mass is 16.5. The topological polar surface area (TPSA) is 72.7 Å². The van der Waals surface area contributed by atoms with E-state index in [-0.39, 0.29) is 23.5 Å². The lowest BCUT2D eigenvalue weighted by Crippen LogP contribution is -2.17. The summed E-state index contributed by atoms with van der Waals surface area (Å²) in [6, 6.07) is 20.0. The van der Waals surface area contributed by atoms with Crippen LogP contribution in [0.25, 0.3) is 5.65 Å². The fourth-order valence-corrected chi connectivity index (χ4v) is 3.49. The molecule has 0 saturated carbocycles. The van der Waals surface area contributed by atoms with Gasteiger partial charge in [-0.05, 0) is 59.9 Å². The smallest absolute Gasteiger partial charge is 0.258 e. The average molecular weight is 442 g/mol. The van der Waals surface area contributed by atoms with Crippen molar-refractivity contribution in [2.24, 2.45) is 0 Å². The van der Waals surface area contributed by atoms with Crippen LogP contribution in [0.3, 0.4) is 0 Å². The lowest BCUT2D eigenvalue weighted by Gasteiger charge is -2.19. The number of aromatic nitrogens is 2. The van der Waals surface area contributed by atoms with Gasteiger partial charge in [0, 0.05) is 17.8 Å². The number of amides is 1. The number of carbonyl (C=O) groups is 1. The van der Waals surface area contributed by atoms with Crippen molar-refractivity contribution in [3.05, 3.63) is 106 Å². The molecule has 168 valence electrons. The van der Waals surface area contributed by atoms with Crippen molar-refractivity contribution in [1.82, 2.24) is 9.38 Å². The molecule has 6 nitrogen and oxygen atoms in total. The van der Waals surface area contributed by atoms with Crippen molar-refractivity contribution in [1.29, 1.82) is 0 Å². The molecular weight excluding hydrogens is 414 g/mol. The Balaban J connectivity index is 1.50. The van der Waals surface area contributed by atoms with Crippen molar-refractivity contribution in [2.45, 2.75) is 39.7 Å². The molecule has 2 aromatic heterocycles. The lowest BCUT2D eigenvalue weighted by molar-refractivity contribution is 0.102. The summed E-state index contributed by atoms with van der Waals surface area (Å²) in [6.45, 7) is 8.46. The van der Waals surface area contributed by atoms with Crippen LogP contribution in [0.5, 0.6) is 5.75 Å². The quantitative estimate of drug-likeness (QED) is 0.466. The van der Waals surface area contributed by atoms with Gasteiger partial charge in [-0.25, -0.2) is 4.98 Å². The maximum atomic E-state index is 12.8. The van der Waals surface area contributed by atoms with Crippen molar-refractivity contribution >= 4 is 17.2 Å². The Kier molecular flexibility index (Phi) is 6.01. The molecule has 4 aromatic rings. The summed E-state index contributed by atoms with van der Waals surface area (Å²) in [5, 5.41) is 2.92. The first-order valence-corrected chi connectivity index (χ1v) is 10.8. The van der Waals surface area contributed by atoms with E-state index in [4.69, 9.17) is 4.74 Å². The number of hydrogen-bond acceptors (Lipinski definition) is 4. The van der Waals surface area contributed by atoms with Crippen LogP contribution in [-0.2, 0) is 12.0 Å². The number of ether oxygens (including phenoxy) is 1. The molecule has 0 fully saturated rings. The second-order valence-corrected chi connectivity index (χ2v) is 9.08. The average Bonchev–Trinajstić information content (AvgIpc) is 2.77. The van der Waals surface area contributed by atoms with E-state index in [0.717, 1.165) is 11.1 Å². The van der Waals surface area contributed by atoms with Gasteiger partial charge in [0.05, 0.1) is 11.4 Å². The first-order valence-electron chi connectivity index (χ1n) is 10.8. The summed E-state index contributed by atoms with van der Waals surface area (Å²) >= 11 is 0. The fraction of sp³-hybridized carbons (Fsp3) is 0.222. The van der Waals surface area contributed by atoms with E-state index in [2.05, 4.69) is 31.1 Å². The van der Waals surface area contributed by atoms with Gasteiger partial charge in [0.25, 0.3) is 11.5 Å². The number of hydrogen-bond donors (Lipinski definition) is 1. The van der Waals surface area contributed by atoms with Gasteiger partial charge in [-0.1, -0.05) is 45.0 Å². The monoisotopic (exact) mass is 441 g/mol. The summed E-state index contributed by atoms with van der Waals surface area (Å²) in [5.41, 5.74) is 4.24. The number of aryl methyl sites for hydroxylation is 1. The Morgan fingerprint density at radius 3 is 2.48 bits per heavy atom. The molecule has 0 bridgehead atoms. The van der Waals surface area contributed by atoms with E-state index in [1.807, 2.05) is 55.5 Å². The van der Waals surface area contributed by atoms with Crippen molar-refractivity contribution in [3.8, 4) is 5.75 Å². The fourth-order valence-electron chi connectivity index (χ4n) is 3.49. The van der Waals surface area contributed by atoms with E-state index in [1.54, 1.807) is 18.3 Å². The molecule has 2 heterocycles. The van der Waals surface area contributed by atoms with Crippen molar-refractivity contribution in [3.63, 3.8) is 0 Å². The molecule has 4 rings (SSSR count). The van der Waals surface area contributed by atoms with Gasteiger partial charge in [0.1, 0.15) is 18.0 Å². The highest BCUT2D eigenvalue weighted by Gasteiger charge is 2.15. The molecule has 0 saturated heterocycles. The van der Waals surface area contributed by atoms with Gasteiger partial charge in [-0.15, -0.1) is 0 Å². The molecule has 0 aliphatic carbocycles. The van der Waals surface area contributed by atoms with Crippen LogP contribution in [0.15, 0.2) is 77.7 Å². The zero-order valence-corrected chi connectivity index (χ0v) is 19.3. The minimum absolute atomic E-state index is 0.0212. The van der Waals surface area contributed by atoms with Crippen molar-refractivity contribution < 1.29 is 9.53 Å². The van der Waals surface area contributed by atoms with Crippen LogP contribution in [0.4, 0.5) is 5.69 Å². The largest absolute Gasteiger partial charge is 0.485 e. The first-order chi connectivity index (χ1) is 15.7. The predicted octanol–water partition coefficient (Wildman–Crippen LogP) is 5.13. The molecule has 0 aliphatic heterocycles. The van der Waals surface area contributed by atoms with Crippen LogP contribution < -0.4 is 15.6 Å². The van der Waals surface area contributed by atoms with Gasteiger partial charge in [-0.3, -0.25) is 14.0 Å². The normalized spacial score (nSPS) is 11.4.